The van der Waals surface area contributed by atoms with Crippen LogP contribution >= 0.6 is 0 Å². The van der Waals surface area contributed by atoms with Crippen molar-refractivity contribution >= 4 is 17.6 Å². The Kier molecular flexibility index (Phi) is 4.90. The fraction of sp³-hybridized carbons (Fsp3) is 0.190. The summed E-state index contributed by atoms with van der Waals surface area (Å²) in [6.45, 7) is -0.241. The number of aromatic nitrogens is 2. The Bertz CT molecular complexity index is 1060. The van der Waals surface area contributed by atoms with Crippen LogP contribution in [0.25, 0.3) is 5.69 Å². The summed E-state index contributed by atoms with van der Waals surface area (Å²) in [4.78, 5) is 23.4. The maximum absolute atomic E-state index is 12.4. The predicted molar refractivity (Wildman–Crippen MR) is 106 cm³/mol. The minimum atomic E-state index is -0.571. The van der Waals surface area contributed by atoms with E-state index in [2.05, 4.69) is 10.4 Å². The molecule has 1 aromatic heterocycles. The fourth-order valence-corrected chi connectivity index (χ4v) is 3.45. The molecule has 0 saturated heterocycles. The highest BCUT2D eigenvalue weighted by atomic mass is 16.5. The normalized spacial score (nSPS) is 15.3. The first kappa shape index (κ1) is 18.5. The van der Waals surface area contributed by atoms with Crippen LogP contribution in [0.2, 0.25) is 0 Å². The molecule has 0 fully saturated rings. The molecule has 1 unspecified atom stereocenters. The van der Waals surface area contributed by atoms with Crippen molar-refractivity contribution in [1.82, 2.24) is 9.78 Å². The summed E-state index contributed by atoms with van der Waals surface area (Å²) in [5, 5.41) is 7.42. The molecule has 0 radical (unpaired) electrons. The Morgan fingerprint density at radius 2 is 2.03 bits per heavy atom. The third-order valence-corrected chi connectivity index (χ3v) is 4.78. The number of hydrogen-bond donors (Lipinski definition) is 2. The minimum absolute atomic E-state index is 0.0896. The zero-order chi connectivity index (χ0) is 20.4. The Morgan fingerprint density at radius 3 is 2.76 bits per heavy atom. The lowest BCUT2D eigenvalue weighted by Crippen LogP contribution is -2.24. The molecule has 1 aliphatic heterocycles. The third-order valence-electron chi connectivity index (χ3n) is 4.78. The van der Waals surface area contributed by atoms with E-state index in [1.165, 1.54) is 7.11 Å². The van der Waals surface area contributed by atoms with Crippen molar-refractivity contribution in [2.75, 3.05) is 19.0 Å². The number of benzene rings is 2. The number of nitrogens with one attached hydrogen (secondary N) is 1. The molecule has 0 spiro atoms. The SMILES string of the molecule is COc1cc(C2CC(=O)Nc3c2cnn3-c2ccccc2)ccc1OCC(N)=O. The molecular formula is C21H20N4O4. The number of carbonyl (C=O) groups is 2. The second-order valence-corrected chi connectivity index (χ2v) is 6.67. The molecular weight excluding hydrogens is 372 g/mol. The topological polar surface area (TPSA) is 108 Å². The fourth-order valence-electron chi connectivity index (χ4n) is 3.45. The summed E-state index contributed by atoms with van der Waals surface area (Å²) in [7, 11) is 1.52. The average molecular weight is 392 g/mol. The minimum Gasteiger partial charge on any atom is -0.493 e. The molecule has 2 amide bonds. The van der Waals surface area contributed by atoms with Crippen LogP contribution < -0.4 is 20.5 Å². The highest BCUT2D eigenvalue weighted by Crippen LogP contribution is 2.40. The monoisotopic (exact) mass is 392 g/mol. The number of nitrogens with zero attached hydrogens (tertiary/aromatic N) is 2. The number of primary amides is 1. The zero-order valence-corrected chi connectivity index (χ0v) is 15.8. The van der Waals surface area contributed by atoms with Crippen molar-refractivity contribution in [2.24, 2.45) is 5.73 Å². The number of carbonyl (C=O) groups excluding carboxylic acids is 2. The summed E-state index contributed by atoms with van der Waals surface area (Å²) >= 11 is 0. The molecule has 3 N–H and O–H groups in total. The van der Waals surface area contributed by atoms with Gasteiger partial charge in [0.05, 0.1) is 19.0 Å². The van der Waals surface area contributed by atoms with Gasteiger partial charge in [0.15, 0.2) is 18.1 Å². The number of anilines is 1. The van der Waals surface area contributed by atoms with Crippen LogP contribution in [0.4, 0.5) is 5.82 Å². The zero-order valence-electron chi connectivity index (χ0n) is 15.8. The highest BCUT2D eigenvalue weighted by molar-refractivity contribution is 5.94. The second-order valence-electron chi connectivity index (χ2n) is 6.67. The Labute approximate surface area is 167 Å². The first-order valence-electron chi connectivity index (χ1n) is 9.09. The lowest BCUT2D eigenvalue weighted by molar-refractivity contribution is -0.120. The second kappa shape index (κ2) is 7.67. The molecule has 8 nitrogen and oxygen atoms in total. The van der Waals surface area contributed by atoms with Gasteiger partial charge in [-0.3, -0.25) is 9.59 Å². The summed E-state index contributed by atoms with van der Waals surface area (Å²) in [5.41, 5.74) is 7.81. The van der Waals surface area contributed by atoms with Crippen LogP contribution in [0.1, 0.15) is 23.5 Å². The number of para-hydroxylation sites is 1. The summed E-state index contributed by atoms with van der Waals surface area (Å²) in [5.74, 6) is 0.689. The van der Waals surface area contributed by atoms with E-state index in [9.17, 15) is 9.59 Å². The van der Waals surface area contributed by atoms with Gasteiger partial charge in [-0.2, -0.15) is 5.10 Å². The number of amides is 2. The van der Waals surface area contributed by atoms with Crippen molar-refractivity contribution < 1.29 is 19.1 Å². The molecule has 8 heteroatoms. The quantitative estimate of drug-likeness (QED) is 0.669. The summed E-state index contributed by atoms with van der Waals surface area (Å²) < 4.78 is 12.5. The van der Waals surface area contributed by atoms with Gasteiger partial charge in [0, 0.05) is 17.9 Å². The van der Waals surface area contributed by atoms with Crippen molar-refractivity contribution in [2.45, 2.75) is 12.3 Å². The van der Waals surface area contributed by atoms with Crippen molar-refractivity contribution in [3.8, 4) is 17.2 Å². The molecule has 1 aliphatic rings. The van der Waals surface area contributed by atoms with Gasteiger partial charge in [0.25, 0.3) is 5.91 Å². The maximum atomic E-state index is 12.4. The van der Waals surface area contributed by atoms with E-state index >= 15 is 0 Å². The number of ether oxygens (including phenoxy) is 2. The molecule has 3 aromatic rings. The Hall–Kier alpha value is -3.81. The third kappa shape index (κ3) is 3.64. The lowest BCUT2D eigenvalue weighted by atomic mass is 9.87. The first-order chi connectivity index (χ1) is 14.1. The molecule has 2 heterocycles. The van der Waals surface area contributed by atoms with E-state index in [0.29, 0.717) is 17.3 Å². The van der Waals surface area contributed by atoms with E-state index in [0.717, 1.165) is 16.8 Å². The molecule has 0 saturated carbocycles. The molecule has 2 aromatic carbocycles. The Balaban J connectivity index is 1.71. The van der Waals surface area contributed by atoms with Gasteiger partial charge in [-0.05, 0) is 29.8 Å². The predicted octanol–water partition coefficient (Wildman–Crippen LogP) is 2.22. The van der Waals surface area contributed by atoms with E-state index < -0.39 is 5.91 Å². The van der Waals surface area contributed by atoms with Gasteiger partial charge in [0.2, 0.25) is 5.91 Å². The number of fused-ring (bicyclic) bond motifs is 1. The molecule has 4 rings (SSSR count). The molecule has 0 bridgehead atoms. The van der Waals surface area contributed by atoms with Crippen LogP contribution in [0, 0.1) is 0 Å². The van der Waals surface area contributed by atoms with Crippen molar-refractivity contribution in [1.29, 1.82) is 0 Å². The maximum Gasteiger partial charge on any atom is 0.255 e. The van der Waals surface area contributed by atoms with Crippen molar-refractivity contribution in [3.05, 3.63) is 65.9 Å². The Morgan fingerprint density at radius 1 is 1.24 bits per heavy atom. The largest absolute Gasteiger partial charge is 0.493 e. The van der Waals surface area contributed by atoms with Gasteiger partial charge in [-0.25, -0.2) is 4.68 Å². The van der Waals surface area contributed by atoms with E-state index in [4.69, 9.17) is 15.2 Å². The molecule has 148 valence electrons. The van der Waals surface area contributed by atoms with Gasteiger partial charge in [-0.1, -0.05) is 24.3 Å². The first-order valence-corrected chi connectivity index (χ1v) is 9.09. The highest BCUT2D eigenvalue weighted by Gasteiger charge is 2.31. The lowest BCUT2D eigenvalue weighted by Gasteiger charge is -2.24. The van der Waals surface area contributed by atoms with E-state index in [1.807, 2.05) is 42.5 Å². The number of rotatable bonds is 6. The van der Waals surface area contributed by atoms with Crippen LogP contribution in [-0.4, -0.2) is 35.3 Å². The summed E-state index contributed by atoms with van der Waals surface area (Å²) in [6, 6.07) is 15.0. The summed E-state index contributed by atoms with van der Waals surface area (Å²) in [6.07, 6.45) is 2.06. The van der Waals surface area contributed by atoms with Gasteiger partial charge in [-0.15, -0.1) is 0 Å². The van der Waals surface area contributed by atoms with Gasteiger partial charge >= 0.3 is 0 Å². The molecule has 1 atom stereocenters. The molecule has 29 heavy (non-hydrogen) atoms. The smallest absolute Gasteiger partial charge is 0.255 e. The van der Waals surface area contributed by atoms with E-state index in [-0.39, 0.29) is 24.9 Å². The van der Waals surface area contributed by atoms with Crippen LogP contribution in [0.3, 0.4) is 0 Å². The molecule has 0 aliphatic carbocycles. The standard InChI is InChI=1S/C21H20N4O4/c1-28-18-9-13(7-8-17(18)29-12-19(22)26)15-10-20(27)24-21-16(15)11-23-25(21)14-5-3-2-4-6-14/h2-9,11,15H,10,12H2,1H3,(H2,22,26)(H,24,27). The number of methoxy groups -OCH3 is 1. The van der Waals surface area contributed by atoms with Crippen LogP contribution in [0.5, 0.6) is 11.5 Å². The number of nitrogens with two attached hydrogens (primary N) is 1. The number of hydrogen-bond acceptors (Lipinski definition) is 5. The van der Waals surface area contributed by atoms with Gasteiger partial charge < -0.3 is 20.5 Å². The average Bonchev–Trinajstić information content (AvgIpc) is 3.15. The van der Waals surface area contributed by atoms with E-state index in [1.54, 1.807) is 16.9 Å². The van der Waals surface area contributed by atoms with Gasteiger partial charge in [0.1, 0.15) is 5.82 Å². The van der Waals surface area contributed by atoms with Crippen molar-refractivity contribution in [3.63, 3.8) is 0 Å². The van der Waals surface area contributed by atoms with Crippen LogP contribution in [-0.2, 0) is 9.59 Å². The van der Waals surface area contributed by atoms with Crippen LogP contribution in [0.15, 0.2) is 54.7 Å².